The van der Waals surface area contributed by atoms with Gasteiger partial charge in [0.25, 0.3) is 0 Å². The molecule has 2 fully saturated rings. The van der Waals surface area contributed by atoms with Crippen molar-refractivity contribution in [2.75, 3.05) is 13.2 Å². The molecule has 0 N–H and O–H groups in total. The third-order valence-corrected chi connectivity index (χ3v) is 3.54. The van der Waals surface area contributed by atoms with Crippen LogP contribution in [-0.4, -0.2) is 13.2 Å². The Kier molecular flexibility index (Phi) is 3.26. The van der Waals surface area contributed by atoms with E-state index in [0.717, 1.165) is 31.0 Å². The molecule has 0 saturated heterocycles. The Morgan fingerprint density at radius 1 is 0.846 bits per heavy atom. The maximum absolute atomic E-state index is 5.73. The van der Waals surface area contributed by atoms with Crippen molar-refractivity contribution in [3.63, 3.8) is 0 Å². The van der Waals surface area contributed by atoms with Gasteiger partial charge >= 0.3 is 0 Å². The van der Waals surface area contributed by atoms with Crippen LogP contribution in [0, 0.1) is 17.8 Å². The SMILES string of the molecule is CC1CCC(COCC2CC2)CC1. The van der Waals surface area contributed by atoms with Crippen molar-refractivity contribution in [1.82, 2.24) is 0 Å². The van der Waals surface area contributed by atoms with Gasteiger partial charge in [-0.1, -0.05) is 19.8 Å². The molecular weight excluding hydrogens is 160 g/mol. The number of hydrogen-bond acceptors (Lipinski definition) is 1. The molecule has 0 aromatic heterocycles. The zero-order valence-electron chi connectivity index (χ0n) is 8.80. The van der Waals surface area contributed by atoms with Gasteiger partial charge in [-0.05, 0) is 43.4 Å². The summed E-state index contributed by atoms with van der Waals surface area (Å²) in [7, 11) is 0. The first-order chi connectivity index (χ1) is 6.34. The summed E-state index contributed by atoms with van der Waals surface area (Å²) in [6.07, 6.45) is 8.51. The molecule has 13 heavy (non-hydrogen) atoms. The van der Waals surface area contributed by atoms with Crippen LogP contribution >= 0.6 is 0 Å². The van der Waals surface area contributed by atoms with E-state index in [1.807, 2.05) is 0 Å². The molecule has 0 amide bonds. The molecule has 2 aliphatic carbocycles. The van der Waals surface area contributed by atoms with Crippen LogP contribution in [-0.2, 0) is 4.74 Å². The quantitative estimate of drug-likeness (QED) is 0.648. The van der Waals surface area contributed by atoms with Gasteiger partial charge in [-0.15, -0.1) is 0 Å². The summed E-state index contributed by atoms with van der Waals surface area (Å²) < 4.78 is 5.73. The van der Waals surface area contributed by atoms with E-state index in [-0.39, 0.29) is 0 Å². The molecule has 0 spiro atoms. The van der Waals surface area contributed by atoms with Gasteiger partial charge in [0.2, 0.25) is 0 Å². The largest absolute Gasteiger partial charge is 0.381 e. The summed E-state index contributed by atoms with van der Waals surface area (Å²) in [5, 5.41) is 0. The van der Waals surface area contributed by atoms with E-state index in [1.54, 1.807) is 0 Å². The standard InChI is InChI=1S/C12H22O/c1-10-2-4-11(5-3-10)8-13-9-12-6-7-12/h10-12H,2-9H2,1H3. The first-order valence-electron chi connectivity index (χ1n) is 5.92. The molecule has 0 radical (unpaired) electrons. The summed E-state index contributed by atoms with van der Waals surface area (Å²) in [4.78, 5) is 0. The molecule has 2 aliphatic rings. The summed E-state index contributed by atoms with van der Waals surface area (Å²) in [5.41, 5.74) is 0. The van der Waals surface area contributed by atoms with Gasteiger partial charge in [0.15, 0.2) is 0 Å². The van der Waals surface area contributed by atoms with E-state index in [4.69, 9.17) is 4.74 Å². The Balaban J connectivity index is 1.53. The number of rotatable bonds is 4. The topological polar surface area (TPSA) is 9.23 Å². The summed E-state index contributed by atoms with van der Waals surface area (Å²) >= 11 is 0. The fraction of sp³-hybridized carbons (Fsp3) is 1.00. The van der Waals surface area contributed by atoms with E-state index >= 15 is 0 Å². The fourth-order valence-corrected chi connectivity index (χ4v) is 2.18. The number of hydrogen-bond donors (Lipinski definition) is 0. The molecule has 0 aliphatic heterocycles. The van der Waals surface area contributed by atoms with Gasteiger partial charge in [-0.2, -0.15) is 0 Å². The molecule has 1 heteroatoms. The molecule has 0 aromatic rings. The van der Waals surface area contributed by atoms with E-state index in [9.17, 15) is 0 Å². The predicted molar refractivity (Wildman–Crippen MR) is 54.7 cm³/mol. The van der Waals surface area contributed by atoms with Gasteiger partial charge in [0.05, 0.1) is 0 Å². The van der Waals surface area contributed by atoms with Crippen LogP contribution in [0.3, 0.4) is 0 Å². The maximum atomic E-state index is 5.73. The van der Waals surface area contributed by atoms with Crippen LogP contribution < -0.4 is 0 Å². The van der Waals surface area contributed by atoms with Crippen molar-refractivity contribution in [2.24, 2.45) is 17.8 Å². The van der Waals surface area contributed by atoms with Gasteiger partial charge in [0.1, 0.15) is 0 Å². The lowest BCUT2D eigenvalue weighted by Crippen LogP contribution is -2.17. The Morgan fingerprint density at radius 3 is 1.77 bits per heavy atom. The Labute approximate surface area is 81.9 Å². The van der Waals surface area contributed by atoms with Crippen molar-refractivity contribution < 1.29 is 4.74 Å². The molecule has 1 nitrogen and oxygen atoms in total. The second-order valence-corrected chi connectivity index (χ2v) is 5.11. The lowest BCUT2D eigenvalue weighted by Gasteiger charge is -2.25. The molecule has 2 saturated carbocycles. The highest BCUT2D eigenvalue weighted by atomic mass is 16.5. The van der Waals surface area contributed by atoms with Crippen LogP contribution in [0.5, 0.6) is 0 Å². The molecule has 0 unspecified atom stereocenters. The van der Waals surface area contributed by atoms with Gasteiger partial charge in [0, 0.05) is 13.2 Å². The smallest absolute Gasteiger partial charge is 0.0494 e. The van der Waals surface area contributed by atoms with Crippen molar-refractivity contribution in [1.29, 1.82) is 0 Å². The van der Waals surface area contributed by atoms with Gasteiger partial charge in [-0.25, -0.2) is 0 Å². The molecule has 0 bridgehead atoms. The third-order valence-electron chi connectivity index (χ3n) is 3.54. The molecule has 76 valence electrons. The minimum absolute atomic E-state index is 0.884. The van der Waals surface area contributed by atoms with E-state index in [0.29, 0.717) is 0 Å². The lowest BCUT2D eigenvalue weighted by atomic mass is 9.83. The highest BCUT2D eigenvalue weighted by Gasteiger charge is 2.23. The highest BCUT2D eigenvalue weighted by molar-refractivity contribution is 4.73. The summed E-state index contributed by atoms with van der Waals surface area (Å²) in [6.45, 7) is 4.47. The third kappa shape index (κ3) is 3.30. The Morgan fingerprint density at radius 2 is 1.31 bits per heavy atom. The highest BCUT2D eigenvalue weighted by Crippen LogP contribution is 2.31. The molecular formula is C12H22O. The van der Waals surface area contributed by atoms with Crippen LogP contribution in [0.1, 0.15) is 45.4 Å². The van der Waals surface area contributed by atoms with Crippen LogP contribution in [0.2, 0.25) is 0 Å². The lowest BCUT2D eigenvalue weighted by molar-refractivity contribution is 0.0725. The first-order valence-corrected chi connectivity index (χ1v) is 5.92. The van der Waals surface area contributed by atoms with Crippen molar-refractivity contribution in [3.05, 3.63) is 0 Å². The average molecular weight is 182 g/mol. The van der Waals surface area contributed by atoms with E-state index < -0.39 is 0 Å². The van der Waals surface area contributed by atoms with Gasteiger partial charge < -0.3 is 4.74 Å². The molecule has 2 rings (SSSR count). The minimum atomic E-state index is 0.884. The van der Waals surface area contributed by atoms with Crippen molar-refractivity contribution in [2.45, 2.75) is 45.4 Å². The first kappa shape index (κ1) is 9.51. The summed E-state index contributed by atoms with van der Waals surface area (Å²) in [6, 6.07) is 0. The fourth-order valence-electron chi connectivity index (χ4n) is 2.18. The predicted octanol–water partition coefficient (Wildman–Crippen LogP) is 3.24. The maximum Gasteiger partial charge on any atom is 0.0494 e. The van der Waals surface area contributed by atoms with Crippen molar-refractivity contribution in [3.8, 4) is 0 Å². The zero-order valence-corrected chi connectivity index (χ0v) is 8.80. The van der Waals surface area contributed by atoms with Crippen LogP contribution in [0.25, 0.3) is 0 Å². The molecule has 0 atom stereocenters. The van der Waals surface area contributed by atoms with Crippen LogP contribution in [0.15, 0.2) is 0 Å². The molecule has 0 heterocycles. The number of ether oxygens (including phenoxy) is 1. The Bertz CT molecular complexity index is 143. The minimum Gasteiger partial charge on any atom is -0.381 e. The van der Waals surface area contributed by atoms with E-state index in [2.05, 4.69) is 6.92 Å². The van der Waals surface area contributed by atoms with Crippen LogP contribution in [0.4, 0.5) is 0 Å². The van der Waals surface area contributed by atoms with Gasteiger partial charge in [-0.3, -0.25) is 0 Å². The normalized spacial score (nSPS) is 34.8. The average Bonchev–Trinajstić information content (AvgIpc) is 2.92. The Hall–Kier alpha value is -0.0400. The van der Waals surface area contributed by atoms with Crippen molar-refractivity contribution >= 4 is 0 Å². The molecule has 0 aromatic carbocycles. The zero-order chi connectivity index (χ0) is 9.10. The second-order valence-electron chi connectivity index (χ2n) is 5.11. The van der Waals surface area contributed by atoms with E-state index in [1.165, 1.54) is 38.5 Å². The summed E-state index contributed by atoms with van der Waals surface area (Å²) in [5.74, 6) is 2.79. The monoisotopic (exact) mass is 182 g/mol. The second kappa shape index (κ2) is 4.45.